The highest BCUT2D eigenvalue weighted by atomic mass is 32.2. The van der Waals surface area contributed by atoms with Crippen LogP contribution in [-0.2, 0) is 16.6 Å². The van der Waals surface area contributed by atoms with Gasteiger partial charge in [0.2, 0.25) is 0 Å². The van der Waals surface area contributed by atoms with Crippen LogP contribution in [0.3, 0.4) is 0 Å². The van der Waals surface area contributed by atoms with E-state index in [1.54, 1.807) is 48.2 Å². The van der Waals surface area contributed by atoms with Gasteiger partial charge in [0, 0.05) is 67.2 Å². The first kappa shape index (κ1) is 35.6. The number of nitrogens with zero attached hydrogens (tertiary/aromatic N) is 3. The summed E-state index contributed by atoms with van der Waals surface area (Å²) in [7, 11) is -4.40. The number of hydrogen-bond acceptors (Lipinski definition) is 9. The van der Waals surface area contributed by atoms with E-state index in [0.717, 1.165) is 60.5 Å². The zero-order valence-electron chi connectivity index (χ0n) is 27.6. The van der Waals surface area contributed by atoms with Gasteiger partial charge >= 0.3 is 0 Å². The average Bonchev–Trinajstić information content (AvgIpc) is 3.14. The molecule has 5 aromatic rings. The van der Waals surface area contributed by atoms with E-state index < -0.39 is 26.5 Å². The van der Waals surface area contributed by atoms with E-state index in [-0.39, 0.29) is 22.0 Å². The van der Waals surface area contributed by atoms with Crippen LogP contribution < -0.4 is 14.9 Å². The quantitative estimate of drug-likeness (QED) is 0.0569. The molecule has 10 nitrogen and oxygen atoms in total. The minimum Gasteiger partial charge on any atom is -0.379 e. The number of nitro groups is 1. The number of carbonyl (C=O) groups excluding carboxylic acids is 1. The SMILES string of the molecule is O=C(NS(=O)(=O)c1ccc(NCCSc2ccccc2)c([N+](=O)[O-])c1)c1ccc(N2CCN(Cc3ccccc3-c3ccc(F)cc3)CC2)cc1. The topological polar surface area (TPSA) is 125 Å². The molecular weight excluding hydrogens is 690 g/mol. The summed E-state index contributed by atoms with van der Waals surface area (Å²) in [5.41, 5.74) is 4.04. The number of carbonyl (C=O) groups is 1. The first-order valence-corrected chi connectivity index (χ1v) is 18.8. The van der Waals surface area contributed by atoms with Crippen LogP contribution in [0.5, 0.6) is 0 Å². The number of amides is 1. The smallest absolute Gasteiger partial charge is 0.293 e. The van der Waals surface area contributed by atoms with Gasteiger partial charge in [-0.15, -0.1) is 11.8 Å². The van der Waals surface area contributed by atoms with Gasteiger partial charge in [-0.2, -0.15) is 0 Å². The van der Waals surface area contributed by atoms with Crippen molar-refractivity contribution in [2.75, 3.05) is 48.7 Å². The summed E-state index contributed by atoms with van der Waals surface area (Å²) >= 11 is 1.59. The van der Waals surface area contributed by atoms with Crippen molar-refractivity contribution in [2.24, 2.45) is 0 Å². The summed E-state index contributed by atoms with van der Waals surface area (Å²) in [6.07, 6.45) is 0. The summed E-state index contributed by atoms with van der Waals surface area (Å²) in [4.78, 5) is 29.4. The van der Waals surface area contributed by atoms with Crippen LogP contribution in [-0.4, -0.2) is 62.6 Å². The number of hydrogen-bond donors (Lipinski definition) is 2. The number of benzene rings is 5. The molecule has 1 aliphatic rings. The maximum Gasteiger partial charge on any atom is 0.293 e. The molecule has 13 heteroatoms. The minimum absolute atomic E-state index is 0.141. The van der Waals surface area contributed by atoms with E-state index in [1.165, 1.54) is 29.8 Å². The highest BCUT2D eigenvalue weighted by molar-refractivity contribution is 7.99. The monoisotopic (exact) mass is 725 g/mol. The molecule has 0 aromatic heterocycles. The van der Waals surface area contributed by atoms with Crippen LogP contribution in [0.4, 0.5) is 21.5 Å². The van der Waals surface area contributed by atoms with Crippen molar-refractivity contribution < 1.29 is 22.5 Å². The molecule has 5 aromatic carbocycles. The molecule has 0 unspecified atom stereocenters. The van der Waals surface area contributed by atoms with E-state index >= 15 is 0 Å². The third kappa shape index (κ3) is 9.11. The molecule has 0 aliphatic carbocycles. The van der Waals surface area contributed by atoms with Gasteiger partial charge in [-0.25, -0.2) is 17.5 Å². The minimum atomic E-state index is -4.40. The van der Waals surface area contributed by atoms with E-state index in [4.69, 9.17) is 0 Å². The Morgan fingerprint density at radius 3 is 2.24 bits per heavy atom. The van der Waals surface area contributed by atoms with Gasteiger partial charge in [-0.3, -0.25) is 19.8 Å². The number of nitrogens with one attached hydrogen (secondary N) is 2. The van der Waals surface area contributed by atoms with Crippen LogP contribution in [0.15, 0.2) is 131 Å². The van der Waals surface area contributed by atoms with Crippen molar-refractivity contribution in [1.29, 1.82) is 0 Å². The Labute approximate surface area is 300 Å². The second-order valence-electron chi connectivity index (χ2n) is 11.9. The van der Waals surface area contributed by atoms with E-state index in [1.807, 2.05) is 53.3 Å². The van der Waals surface area contributed by atoms with Crippen LogP contribution in [0.25, 0.3) is 11.1 Å². The predicted octanol–water partition coefficient (Wildman–Crippen LogP) is 7.05. The molecule has 1 fully saturated rings. The second kappa shape index (κ2) is 16.2. The fourth-order valence-electron chi connectivity index (χ4n) is 5.89. The molecule has 0 radical (unpaired) electrons. The van der Waals surface area contributed by atoms with Crippen molar-refractivity contribution in [2.45, 2.75) is 16.3 Å². The molecule has 262 valence electrons. The van der Waals surface area contributed by atoms with Crippen molar-refractivity contribution in [3.8, 4) is 11.1 Å². The summed E-state index contributed by atoms with van der Waals surface area (Å²) in [5.74, 6) is -0.464. The molecule has 0 saturated carbocycles. The van der Waals surface area contributed by atoms with Gasteiger partial charge in [0.05, 0.1) is 9.82 Å². The number of rotatable bonds is 13. The van der Waals surface area contributed by atoms with E-state index in [2.05, 4.69) is 21.2 Å². The third-order valence-corrected chi connectivity index (χ3v) is 10.9. The molecule has 0 spiro atoms. The van der Waals surface area contributed by atoms with E-state index in [9.17, 15) is 27.7 Å². The van der Waals surface area contributed by atoms with Crippen LogP contribution >= 0.6 is 11.8 Å². The Bertz CT molecular complexity index is 2090. The summed E-state index contributed by atoms with van der Waals surface area (Å²) < 4.78 is 41.7. The normalized spacial score (nSPS) is 13.5. The van der Waals surface area contributed by atoms with Gasteiger partial charge in [0.15, 0.2) is 0 Å². The molecule has 1 heterocycles. The lowest BCUT2D eigenvalue weighted by Crippen LogP contribution is -2.46. The van der Waals surface area contributed by atoms with Gasteiger partial charge in [-0.1, -0.05) is 54.6 Å². The number of thioether (sulfide) groups is 1. The Balaban J connectivity index is 1.03. The second-order valence-corrected chi connectivity index (χ2v) is 14.8. The predicted molar refractivity (Wildman–Crippen MR) is 199 cm³/mol. The zero-order valence-corrected chi connectivity index (χ0v) is 29.2. The number of piperazine rings is 1. The lowest BCUT2D eigenvalue weighted by atomic mass is 9.99. The molecule has 2 N–H and O–H groups in total. The zero-order chi connectivity index (χ0) is 35.8. The van der Waals surface area contributed by atoms with Gasteiger partial charge in [0.1, 0.15) is 11.5 Å². The Morgan fingerprint density at radius 2 is 1.53 bits per heavy atom. The molecular formula is C38H36FN5O5S2. The summed E-state index contributed by atoms with van der Waals surface area (Å²) in [5, 5.41) is 14.8. The Morgan fingerprint density at radius 1 is 0.843 bits per heavy atom. The molecule has 51 heavy (non-hydrogen) atoms. The maximum absolute atomic E-state index is 13.5. The van der Waals surface area contributed by atoms with Crippen molar-refractivity contribution in [3.05, 3.63) is 148 Å². The number of halogens is 1. The lowest BCUT2D eigenvalue weighted by molar-refractivity contribution is -0.384. The largest absolute Gasteiger partial charge is 0.379 e. The molecule has 0 atom stereocenters. The van der Waals surface area contributed by atoms with Crippen molar-refractivity contribution in [3.63, 3.8) is 0 Å². The van der Waals surface area contributed by atoms with Gasteiger partial charge < -0.3 is 10.2 Å². The summed E-state index contributed by atoms with van der Waals surface area (Å²) in [6, 6.07) is 34.6. The highest BCUT2D eigenvalue weighted by Crippen LogP contribution is 2.29. The number of sulfonamides is 1. The van der Waals surface area contributed by atoms with Crippen LogP contribution in [0, 0.1) is 15.9 Å². The van der Waals surface area contributed by atoms with Crippen LogP contribution in [0.2, 0.25) is 0 Å². The Kier molecular flexibility index (Phi) is 11.3. The summed E-state index contributed by atoms with van der Waals surface area (Å²) in [6.45, 7) is 4.31. The standard InChI is InChI=1S/C38H36FN5O5S2/c39-31-14-10-28(11-15-31)35-9-5-4-6-30(35)27-42-21-23-43(24-22-42)32-16-12-29(13-17-32)38(45)41-51(48,49)34-18-19-36(37(26-34)44(46)47)40-20-25-50-33-7-2-1-3-8-33/h1-19,26,40H,20-25,27H2,(H,41,45). The van der Waals surface area contributed by atoms with Gasteiger partial charge in [-0.05, 0) is 77.4 Å². The third-order valence-electron chi connectivity index (χ3n) is 8.57. The van der Waals surface area contributed by atoms with Gasteiger partial charge in [0.25, 0.3) is 21.6 Å². The fraction of sp³-hybridized carbons (Fsp3) is 0.184. The molecule has 1 amide bonds. The fourth-order valence-corrected chi connectivity index (χ4v) is 7.67. The van der Waals surface area contributed by atoms with Crippen molar-refractivity contribution >= 4 is 44.8 Å². The number of nitro benzene ring substituents is 1. The maximum atomic E-state index is 13.5. The van der Waals surface area contributed by atoms with Crippen LogP contribution in [0.1, 0.15) is 15.9 Å². The first-order chi connectivity index (χ1) is 24.7. The van der Waals surface area contributed by atoms with Crippen molar-refractivity contribution in [1.82, 2.24) is 9.62 Å². The average molecular weight is 726 g/mol. The molecule has 6 rings (SSSR count). The molecule has 0 bridgehead atoms. The molecule has 1 saturated heterocycles. The highest BCUT2D eigenvalue weighted by Gasteiger charge is 2.24. The molecule has 1 aliphatic heterocycles. The van der Waals surface area contributed by atoms with E-state index in [0.29, 0.717) is 12.3 Å². The Hall–Kier alpha value is -5.24. The first-order valence-electron chi connectivity index (χ1n) is 16.3. The number of anilines is 2. The lowest BCUT2D eigenvalue weighted by Gasteiger charge is -2.36.